The summed E-state index contributed by atoms with van der Waals surface area (Å²) < 4.78 is 0. The van der Waals surface area contributed by atoms with E-state index in [0.717, 1.165) is 25.0 Å². The van der Waals surface area contributed by atoms with Crippen molar-refractivity contribution in [1.82, 2.24) is 0 Å². The van der Waals surface area contributed by atoms with Crippen LogP contribution in [0.15, 0.2) is 11.8 Å². The molecule has 1 rings (SSSR count). The molecule has 0 heterocycles. The van der Waals surface area contributed by atoms with Crippen molar-refractivity contribution in [3.8, 4) is 0 Å². The maximum absolute atomic E-state index is 10.7. The van der Waals surface area contributed by atoms with Crippen molar-refractivity contribution < 1.29 is 4.79 Å². The summed E-state index contributed by atoms with van der Waals surface area (Å²) in [5.41, 5.74) is 6.21. The van der Waals surface area contributed by atoms with E-state index in [1.165, 1.54) is 0 Å². The Hall–Kier alpha value is -0.790. The number of carbonyl (C=O) groups is 1. The molecule has 0 fully saturated rings. The van der Waals surface area contributed by atoms with Crippen LogP contribution >= 0.6 is 0 Å². The van der Waals surface area contributed by atoms with Crippen LogP contribution in [0.2, 0.25) is 0 Å². The third-order valence-corrected chi connectivity index (χ3v) is 1.49. The number of carbonyl (C=O) groups excluding carboxylic acids is 1. The van der Waals surface area contributed by atoms with Gasteiger partial charge in [0.15, 0.2) is 5.78 Å². The second-order valence-electron chi connectivity index (χ2n) is 2.39. The molecule has 0 aromatic heterocycles. The van der Waals surface area contributed by atoms with Crippen LogP contribution in [-0.2, 0) is 4.79 Å². The molecule has 0 amide bonds. The first-order chi connectivity index (χ1) is 4.29. The molecule has 9 heavy (non-hydrogen) atoms. The molecule has 0 saturated carbocycles. The lowest BCUT2D eigenvalue weighted by atomic mass is 10.2. The van der Waals surface area contributed by atoms with Crippen LogP contribution in [0.5, 0.6) is 0 Å². The lowest BCUT2D eigenvalue weighted by Gasteiger charge is -1.91. The third-order valence-electron chi connectivity index (χ3n) is 1.49. The molecule has 2 N–H and O–H groups in total. The second kappa shape index (κ2) is 2.67. The minimum Gasteiger partial charge on any atom is -0.402 e. The van der Waals surface area contributed by atoms with Gasteiger partial charge in [-0.1, -0.05) is 0 Å². The first-order valence-electron chi connectivity index (χ1n) is 3.28. The highest BCUT2D eigenvalue weighted by Crippen LogP contribution is 2.10. The second-order valence-corrected chi connectivity index (χ2v) is 2.39. The lowest BCUT2D eigenvalue weighted by molar-refractivity contribution is -0.114. The van der Waals surface area contributed by atoms with E-state index in [-0.39, 0.29) is 5.78 Å². The van der Waals surface area contributed by atoms with Crippen molar-refractivity contribution >= 4 is 5.78 Å². The highest BCUT2D eigenvalue weighted by Gasteiger charge is 2.04. The number of rotatable bonds is 0. The van der Waals surface area contributed by atoms with Gasteiger partial charge in [-0.15, -0.1) is 0 Å². The Bertz CT molecular complexity index is 149. The molecule has 0 aromatic rings. The summed E-state index contributed by atoms with van der Waals surface area (Å²) >= 11 is 0. The van der Waals surface area contributed by atoms with Crippen LogP contribution < -0.4 is 5.73 Å². The first kappa shape index (κ1) is 6.33. The molecule has 0 unspecified atom stereocenters. The van der Waals surface area contributed by atoms with Gasteiger partial charge in [-0.3, -0.25) is 4.79 Å². The van der Waals surface area contributed by atoms with Gasteiger partial charge in [0.05, 0.1) is 0 Å². The number of ketones is 1. The lowest BCUT2D eigenvalue weighted by Crippen LogP contribution is -1.97. The summed E-state index contributed by atoms with van der Waals surface area (Å²) in [5.74, 6) is 0.185. The Balaban J connectivity index is 2.59. The van der Waals surface area contributed by atoms with Gasteiger partial charge in [0.1, 0.15) is 0 Å². The molecule has 1 aliphatic carbocycles. The van der Waals surface area contributed by atoms with Crippen LogP contribution in [0.25, 0.3) is 0 Å². The van der Waals surface area contributed by atoms with E-state index in [1.807, 2.05) is 0 Å². The van der Waals surface area contributed by atoms with E-state index in [2.05, 4.69) is 0 Å². The molecule has 0 spiro atoms. The van der Waals surface area contributed by atoms with Gasteiger partial charge in [-0.05, 0) is 25.3 Å². The number of hydrogen-bond donors (Lipinski definition) is 1. The molecular weight excluding hydrogens is 114 g/mol. The zero-order valence-corrected chi connectivity index (χ0v) is 5.39. The van der Waals surface area contributed by atoms with Crippen molar-refractivity contribution in [3.63, 3.8) is 0 Å². The summed E-state index contributed by atoms with van der Waals surface area (Å²) in [6.45, 7) is 0. The highest BCUT2D eigenvalue weighted by molar-refractivity contribution is 5.90. The summed E-state index contributed by atoms with van der Waals surface area (Å²) in [5, 5.41) is 0. The first-order valence-corrected chi connectivity index (χ1v) is 3.28. The quantitative estimate of drug-likeness (QED) is 0.524. The van der Waals surface area contributed by atoms with E-state index in [4.69, 9.17) is 5.73 Å². The van der Waals surface area contributed by atoms with Crippen molar-refractivity contribution in [2.45, 2.75) is 25.7 Å². The maximum Gasteiger partial charge on any atom is 0.157 e. The van der Waals surface area contributed by atoms with Crippen molar-refractivity contribution in [3.05, 3.63) is 11.8 Å². The number of allylic oxidation sites excluding steroid dienone is 2. The molecule has 2 heteroatoms. The zero-order chi connectivity index (χ0) is 6.69. The van der Waals surface area contributed by atoms with Gasteiger partial charge < -0.3 is 5.73 Å². The molecule has 0 saturated heterocycles. The SMILES string of the molecule is NC1=CC(=O)CCCC1. The number of nitrogens with two attached hydrogens (primary N) is 1. The van der Waals surface area contributed by atoms with Crippen LogP contribution in [0, 0.1) is 0 Å². The minimum atomic E-state index is 0.185. The minimum absolute atomic E-state index is 0.185. The fraction of sp³-hybridized carbons (Fsp3) is 0.571. The van der Waals surface area contributed by atoms with Gasteiger partial charge in [0, 0.05) is 12.1 Å². The molecule has 0 aliphatic heterocycles. The molecule has 0 radical (unpaired) electrons. The highest BCUT2D eigenvalue weighted by atomic mass is 16.1. The van der Waals surface area contributed by atoms with E-state index < -0.39 is 0 Å². The summed E-state index contributed by atoms with van der Waals surface area (Å²) in [6.07, 6.45) is 5.20. The molecular formula is C7H11NO. The smallest absolute Gasteiger partial charge is 0.157 e. The van der Waals surface area contributed by atoms with Crippen LogP contribution in [0.1, 0.15) is 25.7 Å². The van der Waals surface area contributed by atoms with Gasteiger partial charge >= 0.3 is 0 Å². The summed E-state index contributed by atoms with van der Waals surface area (Å²) in [6, 6.07) is 0. The van der Waals surface area contributed by atoms with Crippen LogP contribution in [-0.4, -0.2) is 5.78 Å². The fourth-order valence-electron chi connectivity index (χ4n) is 0.979. The van der Waals surface area contributed by atoms with Gasteiger partial charge in [0.2, 0.25) is 0 Å². The Morgan fingerprint density at radius 2 is 2.00 bits per heavy atom. The predicted molar refractivity (Wildman–Crippen MR) is 35.7 cm³/mol. The predicted octanol–water partition coefficient (Wildman–Crippen LogP) is 0.972. The number of hydrogen-bond acceptors (Lipinski definition) is 2. The Labute approximate surface area is 54.7 Å². The van der Waals surface area contributed by atoms with Gasteiger partial charge in [-0.2, -0.15) is 0 Å². The van der Waals surface area contributed by atoms with E-state index in [1.54, 1.807) is 6.08 Å². The topological polar surface area (TPSA) is 43.1 Å². The average Bonchev–Trinajstić information content (AvgIpc) is 1.93. The average molecular weight is 125 g/mol. The van der Waals surface area contributed by atoms with Crippen molar-refractivity contribution in [1.29, 1.82) is 0 Å². The summed E-state index contributed by atoms with van der Waals surface area (Å²) in [7, 11) is 0. The van der Waals surface area contributed by atoms with Crippen LogP contribution in [0.4, 0.5) is 0 Å². The maximum atomic E-state index is 10.7. The zero-order valence-electron chi connectivity index (χ0n) is 5.39. The van der Waals surface area contributed by atoms with Gasteiger partial charge in [-0.25, -0.2) is 0 Å². The Kier molecular flexibility index (Phi) is 1.88. The Morgan fingerprint density at radius 1 is 1.33 bits per heavy atom. The molecule has 50 valence electrons. The van der Waals surface area contributed by atoms with E-state index >= 15 is 0 Å². The molecule has 2 nitrogen and oxygen atoms in total. The van der Waals surface area contributed by atoms with Crippen LogP contribution in [0.3, 0.4) is 0 Å². The molecule has 0 atom stereocenters. The van der Waals surface area contributed by atoms with Crippen molar-refractivity contribution in [2.75, 3.05) is 0 Å². The largest absolute Gasteiger partial charge is 0.402 e. The monoisotopic (exact) mass is 125 g/mol. The normalized spacial score (nSPS) is 20.9. The molecule has 1 aliphatic rings. The molecule has 0 bridgehead atoms. The Morgan fingerprint density at radius 3 is 2.78 bits per heavy atom. The fourth-order valence-corrected chi connectivity index (χ4v) is 0.979. The summed E-state index contributed by atoms with van der Waals surface area (Å²) in [4.78, 5) is 10.7. The van der Waals surface area contributed by atoms with E-state index in [9.17, 15) is 4.79 Å². The third kappa shape index (κ3) is 1.88. The van der Waals surface area contributed by atoms with Crippen molar-refractivity contribution in [2.24, 2.45) is 5.73 Å². The van der Waals surface area contributed by atoms with Gasteiger partial charge in [0.25, 0.3) is 0 Å². The standard InChI is InChI=1S/C7H11NO/c8-6-3-1-2-4-7(9)5-6/h5H,1-4,8H2. The molecule has 0 aromatic carbocycles. The van der Waals surface area contributed by atoms with E-state index in [0.29, 0.717) is 6.42 Å².